The third-order valence-corrected chi connectivity index (χ3v) is 7.38. The minimum Gasteiger partial charge on any atom is -0.351 e. The Morgan fingerprint density at radius 2 is 1.91 bits per heavy atom. The summed E-state index contributed by atoms with van der Waals surface area (Å²) in [6.07, 6.45) is 0.146. The van der Waals surface area contributed by atoms with Crippen molar-refractivity contribution in [2.24, 2.45) is 5.73 Å². The third kappa shape index (κ3) is 4.98. The zero-order valence-electron chi connectivity index (χ0n) is 12.2. The van der Waals surface area contributed by atoms with Crippen molar-refractivity contribution in [1.82, 2.24) is 14.5 Å². The van der Waals surface area contributed by atoms with Gasteiger partial charge >= 0.3 is 6.03 Å². The van der Waals surface area contributed by atoms with Crippen molar-refractivity contribution in [1.29, 1.82) is 0 Å². The van der Waals surface area contributed by atoms with Crippen LogP contribution in [0.2, 0.25) is 0 Å². The lowest BCUT2D eigenvalue weighted by molar-refractivity contribution is -0.120. The largest absolute Gasteiger partial charge is 0.351 e. The molecule has 0 aliphatic carbocycles. The van der Waals surface area contributed by atoms with Crippen molar-refractivity contribution >= 4 is 49.2 Å². The standard InChI is InChI=1S/C12H17BrN4O4S2/c13-9-1-2-11(22-9)23(20,21)17-7-5-16(6-8-17)4-3-10(18)15-12(14)19/h1-2H,3-8H2,(H3,14,15,18,19). The maximum atomic E-state index is 12.5. The van der Waals surface area contributed by atoms with Crippen LogP contribution in [0, 0.1) is 0 Å². The number of amides is 3. The predicted molar refractivity (Wildman–Crippen MR) is 89.6 cm³/mol. The lowest BCUT2D eigenvalue weighted by Gasteiger charge is -2.33. The maximum Gasteiger partial charge on any atom is 0.318 e. The minimum absolute atomic E-state index is 0.146. The number of hydrogen-bond acceptors (Lipinski definition) is 6. The number of piperazine rings is 1. The molecule has 0 spiro atoms. The van der Waals surface area contributed by atoms with Crippen LogP contribution in [0.1, 0.15) is 6.42 Å². The topological polar surface area (TPSA) is 113 Å². The van der Waals surface area contributed by atoms with Crippen molar-refractivity contribution < 1.29 is 18.0 Å². The quantitative estimate of drug-likeness (QED) is 0.709. The van der Waals surface area contributed by atoms with E-state index < -0.39 is 22.0 Å². The van der Waals surface area contributed by atoms with Crippen molar-refractivity contribution in [2.75, 3.05) is 32.7 Å². The molecule has 1 aromatic heterocycles. The molecule has 1 fully saturated rings. The first kappa shape index (κ1) is 18.3. The van der Waals surface area contributed by atoms with Gasteiger partial charge in [-0.3, -0.25) is 10.1 Å². The molecule has 2 rings (SSSR count). The molecule has 1 saturated heterocycles. The van der Waals surface area contributed by atoms with Gasteiger partial charge in [0.2, 0.25) is 5.91 Å². The summed E-state index contributed by atoms with van der Waals surface area (Å²) in [5.41, 5.74) is 4.86. The van der Waals surface area contributed by atoms with Gasteiger partial charge in [0.05, 0.1) is 3.79 Å². The zero-order chi connectivity index (χ0) is 17.0. The molecule has 0 bridgehead atoms. The summed E-state index contributed by atoms with van der Waals surface area (Å²) in [7, 11) is -3.46. The highest BCUT2D eigenvalue weighted by Gasteiger charge is 2.29. The Kier molecular flexibility index (Phi) is 6.14. The number of primary amides is 1. The molecular formula is C12H17BrN4O4S2. The number of thiophene rings is 1. The molecule has 0 unspecified atom stereocenters. The smallest absolute Gasteiger partial charge is 0.318 e. The van der Waals surface area contributed by atoms with Gasteiger partial charge in [-0.05, 0) is 28.1 Å². The van der Waals surface area contributed by atoms with Crippen LogP contribution in [0.5, 0.6) is 0 Å². The molecule has 0 saturated carbocycles. The second kappa shape index (κ2) is 7.71. The summed E-state index contributed by atoms with van der Waals surface area (Å²) in [4.78, 5) is 23.9. The van der Waals surface area contributed by atoms with E-state index in [0.717, 1.165) is 3.79 Å². The predicted octanol–water partition coefficient (Wildman–Crippen LogP) is 0.402. The Bertz CT molecular complexity index is 683. The van der Waals surface area contributed by atoms with E-state index in [1.54, 1.807) is 12.1 Å². The molecular weight excluding hydrogens is 408 g/mol. The number of nitrogens with zero attached hydrogens (tertiary/aromatic N) is 2. The molecule has 0 atom stereocenters. The van der Waals surface area contributed by atoms with Crippen LogP contribution >= 0.6 is 27.3 Å². The number of urea groups is 1. The van der Waals surface area contributed by atoms with Crippen LogP contribution in [-0.4, -0.2) is 62.3 Å². The van der Waals surface area contributed by atoms with E-state index in [1.807, 2.05) is 10.2 Å². The van der Waals surface area contributed by atoms with Gasteiger partial charge in [-0.25, -0.2) is 13.2 Å². The fraction of sp³-hybridized carbons (Fsp3) is 0.500. The third-order valence-electron chi connectivity index (χ3n) is 3.39. The number of nitrogens with one attached hydrogen (secondary N) is 1. The van der Waals surface area contributed by atoms with E-state index in [-0.39, 0.29) is 6.42 Å². The van der Waals surface area contributed by atoms with E-state index in [2.05, 4.69) is 15.9 Å². The molecule has 3 N–H and O–H groups in total. The summed E-state index contributed by atoms with van der Waals surface area (Å²) < 4.78 is 27.5. The van der Waals surface area contributed by atoms with Gasteiger partial charge in [0.15, 0.2) is 0 Å². The summed E-state index contributed by atoms with van der Waals surface area (Å²) >= 11 is 4.45. The van der Waals surface area contributed by atoms with Crippen LogP contribution in [0.3, 0.4) is 0 Å². The molecule has 3 amide bonds. The van der Waals surface area contributed by atoms with Gasteiger partial charge < -0.3 is 10.6 Å². The van der Waals surface area contributed by atoms with Crippen LogP contribution in [0.15, 0.2) is 20.1 Å². The molecule has 0 aromatic carbocycles. The molecule has 1 aromatic rings. The number of nitrogens with two attached hydrogens (primary N) is 1. The van der Waals surface area contributed by atoms with Crippen LogP contribution in [0.4, 0.5) is 4.79 Å². The van der Waals surface area contributed by atoms with Crippen molar-refractivity contribution in [3.8, 4) is 0 Å². The van der Waals surface area contributed by atoms with E-state index in [0.29, 0.717) is 36.9 Å². The molecule has 1 aliphatic heterocycles. The number of hydrogen-bond donors (Lipinski definition) is 2. The highest BCUT2D eigenvalue weighted by molar-refractivity contribution is 9.11. The Morgan fingerprint density at radius 3 is 2.43 bits per heavy atom. The van der Waals surface area contributed by atoms with Gasteiger partial charge in [0.1, 0.15) is 4.21 Å². The van der Waals surface area contributed by atoms with E-state index in [9.17, 15) is 18.0 Å². The molecule has 23 heavy (non-hydrogen) atoms. The first-order valence-electron chi connectivity index (χ1n) is 6.86. The number of rotatable bonds is 5. The number of imide groups is 1. The minimum atomic E-state index is -3.46. The summed E-state index contributed by atoms with van der Waals surface area (Å²) in [6.45, 7) is 2.27. The van der Waals surface area contributed by atoms with E-state index in [4.69, 9.17) is 5.73 Å². The number of carbonyl (C=O) groups excluding carboxylic acids is 2. The molecule has 1 aliphatic rings. The average molecular weight is 425 g/mol. The SMILES string of the molecule is NC(=O)NC(=O)CCN1CCN(S(=O)(=O)c2ccc(Br)s2)CC1. The highest BCUT2D eigenvalue weighted by Crippen LogP contribution is 2.28. The van der Waals surface area contributed by atoms with Crippen molar-refractivity contribution in [3.63, 3.8) is 0 Å². The molecule has 8 nitrogen and oxygen atoms in total. The normalized spacial score (nSPS) is 17.1. The summed E-state index contributed by atoms with van der Waals surface area (Å²) in [6, 6.07) is 2.43. The Labute approximate surface area is 146 Å². The van der Waals surface area contributed by atoms with Crippen LogP contribution < -0.4 is 11.1 Å². The molecule has 128 valence electrons. The van der Waals surface area contributed by atoms with Gasteiger partial charge in [-0.1, -0.05) is 0 Å². The van der Waals surface area contributed by atoms with Crippen molar-refractivity contribution in [3.05, 3.63) is 15.9 Å². The lowest BCUT2D eigenvalue weighted by atomic mass is 10.3. The van der Waals surface area contributed by atoms with Gasteiger partial charge in [-0.15, -0.1) is 11.3 Å². The fourth-order valence-corrected chi connectivity index (χ4v) is 5.80. The lowest BCUT2D eigenvalue weighted by Crippen LogP contribution is -2.49. The number of halogens is 1. The van der Waals surface area contributed by atoms with Crippen LogP contribution in [0.25, 0.3) is 0 Å². The average Bonchev–Trinajstić information content (AvgIpc) is 2.92. The Balaban J connectivity index is 1.84. The Hall–Kier alpha value is -1.01. The van der Waals surface area contributed by atoms with E-state index >= 15 is 0 Å². The maximum absolute atomic E-state index is 12.5. The summed E-state index contributed by atoms with van der Waals surface area (Å²) in [5, 5.41) is 2.00. The second-order valence-electron chi connectivity index (χ2n) is 4.97. The number of carbonyl (C=O) groups is 2. The fourth-order valence-electron chi connectivity index (χ4n) is 2.22. The van der Waals surface area contributed by atoms with Gasteiger partial charge in [-0.2, -0.15) is 4.31 Å². The molecule has 2 heterocycles. The number of sulfonamides is 1. The first-order chi connectivity index (χ1) is 10.8. The zero-order valence-corrected chi connectivity index (χ0v) is 15.4. The monoisotopic (exact) mass is 424 g/mol. The van der Waals surface area contributed by atoms with Gasteiger partial charge in [0, 0.05) is 39.1 Å². The van der Waals surface area contributed by atoms with Crippen molar-refractivity contribution in [2.45, 2.75) is 10.6 Å². The van der Waals surface area contributed by atoms with Crippen LogP contribution in [-0.2, 0) is 14.8 Å². The second-order valence-corrected chi connectivity index (χ2v) is 9.59. The first-order valence-corrected chi connectivity index (χ1v) is 9.91. The van der Waals surface area contributed by atoms with Gasteiger partial charge in [0.25, 0.3) is 10.0 Å². The van der Waals surface area contributed by atoms with E-state index in [1.165, 1.54) is 15.6 Å². The Morgan fingerprint density at radius 1 is 1.26 bits per heavy atom. The molecule has 11 heteroatoms. The molecule has 0 radical (unpaired) electrons. The highest BCUT2D eigenvalue weighted by atomic mass is 79.9. The summed E-state index contributed by atoms with van der Waals surface area (Å²) in [5.74, 6) is -0.434.